The molecule has 0 atom stereocenters. The van der Waals surface area contributed by atoms with E-state index < -0.39 is 23.5 Å². The lowest BCUT2D eigenvalue weighted by Gasteiger charge is -2.34. The fourth-order valence-corrected chi connectivity index (χ4v) is 5.32. The molecule has 1 fully saturated rings. The maximum atomic E-state index is 13.1. The number of carboxylic acids is 1. The second-order valence-electron chi connectivity index (χ2n) is 9.02. The number of carboxylic acid groups (broad SMARTS) is 1. The highest BCUT2D eigenvalue weighted by Gasteiger charge is 2.48. The zero-order valence-corrected chi connectivity index (χ0v) is 19.3. The Bertz CT molecular complexity index is 1240. The van der Waals surface area contributed by atoms with Crippen LogP contribution < -0.4 is 5.32 Å². The van der Waals surface area contributed by atoms with E-state index in [1.807, 2.05) is 36.4 Å². The van der Waals surface area contributed by atoms with Gasteiger partial charge in [-0.3, -0.25) is 10.1 Å². The Hall–Kier alpha value is -4.07. The molecule has 0 aliphatic heterocycles. The Balaban J connectivity index is 1.28. The third-order valence-corrected chi connectivity index (χ3v) is 7.22. The molecule has 1 heterocycles. The summed E-state index contributed by atoms with van der Waals surface area (Å²) < 4.78 is 10.9. The quantitative estimate of drug-likeness (QED) is 0.514. The average molecular weight is 475 g/mol. The van der Waals surface area contributed by atoms with Gasteiger partial charge in [-0.05, 0) is 35.1 Å². The number of benzene rings is 2. The molecule has 0 radical (unpaired) electrons. The summed E-state index contributed by atoms with van der Waals surface area (Å²) in [7, 11) is 1.46. The Morgan fingerprint density at radius 2 is 1.63 bits per heavy atom. The molecule has 8 nitrogen and oxygen atoms in total. The molecule has 1 saturated carbocycles. The van der Waals surface area contributed by atoms with Gasteiger partial charge in [0, 0.05) is 19.0 Å². The minimum atomic E-state index is -1.27. The van der Waals surface area contributed by atoms with E-state index in [1.54, 1.807) is 0 Å². The van der Waals surface area contributed by atoms with Crippen molar-refractivity contribution in [2.24, 2.45) is 0 Å². The number of rotatable bonds is 6. The van der Waals surface area contributed by atoms with Crippen molar-refractivity contribution in [1.82, 2.24) is 4.90 Å². The smallest absolute Gasteiger partial charge is 0.411 e. The highest BCUT2D eigenvalue weighted by atomic mass is 16.5. The first-order valence-corrected chi connectivity index (χ1v) is 11.6. The maximum absolute atomic E-state index is 13.1. The van der Waals surface area contributed by atoms with E-state index in [0.29, 0.717) is 12.8 Å². The standard InChI is InChI=1S/C27H26N2O6/c1-29(27(25(31)32)13-6-7-14-27)24(30)23-22(12-15-34-23)28-26(33)35-16-21-19-10-4-2-8-17(19)18-9-3-5-11-20(18)21/h2-5,8-12,15,21H,6-7,13-14,16H2,1H3,(H,28,33)(H,31,32). The van der Waals surface area contributed by atoms with E-state index in [4.69, 9.17) is 9.15 Å². The number of aliphatic carboxylic acids is 1. The molecule has 2 aliphatic rings. The van der Waals surface area contributed by atoms with E-state index in [9.17, 15) is 19.5 Å². The first kappa shape index (κ1) is 22.7. The van der Waals surface area contributed by atoms with Crippen LogP contribution in [0.5, 0.6) is 0 Å². The minimum Gasteiger partial charge on any atom is -0.479 e. The number of nitrogens with zero attached hydrogens (tertiary/aromatic N) is 1. The molecule has 2 aromatic carbocycles. The number of fused-ring (bicyclic) bond motifs is 3. The van der Waals surface area contributed by atoms with Gasteiger partial charge >= 0.3 is 12.1 Å². The molecule has 1 aromatic heterocycles. The third kappa shape index (κ3) is 3.84. The Morgan fingerprint density at radius 3 is 2.23 bits per heavy atom. The van der Waals surface area contributed by atoms with Gasteiger partial charge in [-0.1, -0.05) is 61.4 Å². The number of nitrogens with one attached hydrogen (secondary N) is 1. The van der Waals surface area contributed by atoms with E-state index in [-0.39, 0.29) is 24.0 Å². The first-order valence-electron chi connectivity index (χ1n) is 11.6. The van der Waals surface area contributed by atoms with Crippen LogP contribution in [0.1, 0.15) is 53.3 Å². The molecule has 2 aliphatic carbocycles. The second-order valence-corrected chi connectivity index (χ2v) is 9.02. The summed E-state index contributed by atoms with van der Waals surface area (Å²) in [6.45, 7) is 0.128. The van der Waals surface area contributed by atoms with Crippen molar-refractivity contribution in [3.05, 3.63) is 77.7 Å². The Kier molecular flexibility index (Phi) is 5.80. The first-order chi connectivity index (χ1) is 16.9. The van der Waals surface area contributed by atoms with Gasteiger partial charge in [0.25, 0.3) is 5.91 Å². The van der Waals surface area contributed by atoms with E-state index in [0.717, 1.165) is 35.1 Å². The summed E-state index contributed by atoms with van der Waals surface area (Å²) in [5.74, 6) is -1.87. The van der Waals surface area contributed by atoms with Crippen LogP contribution >= 0.6 is 0 Å². The largest absolute Gasteiger partial charge is 0.479 e. The SMILES string of the molecule is CN(C(=O)c1occc1NC(=O)OCC1c2ccccc2-c2ccccc21)C1(C(=O)O)CCCC1. The molecule has 0 bridgehead atoms. The van der Waals surface area contributed by atoms with Crippen LogP contribution in [-0.2, 0) is 9.53 Å². The fourth-order valence-electron chi connectivity index (χ4n) is 5.32. The van der Waals surface area contributed by atoms with Crippen molar-refractivity contribution in [1.29, 1.82) is 0 Å². The Labute approximate surface area is 202 Å². The molecule has 0 spiro atoms. The van der Waals surface area contributed by atoms with Gasteiger partial charge in [0.05, 0.1) is 12.0 Å². The van der Waals surface area contributed by atoms with Crippen LogP contribution in [0.3, 0.4) is 0 Å². The van der Waals surface area contributed by atoms with Gasteiger partial charge in [0.2, 0.25) is 5.76 Å². The van der Waals surface area contributed by atoms with E-state index in [2.05, 4.69) is 17.4 Å². The fraction of sp³-hybridized carbons (Fsp3) is 0.296. The number of carbonyl (C=O) groups excluding carboxylic acids is 2. The molecular formula is C27H26N2O6. The van der Waals surface area contributed by atoms with Crippen molar-refractivity contribution >= 4 is 23.7 Å². The topological polar surface area (TPSA) is 109 Å². The van der Waals surface area contributed by atoms with Gasteiger partial charge in [-0.25, -0.2) is 9.59 Å². The highest BCUT2D eigenvalue weighted by molar-refractivity contribution is 6.02. The van der Waals surface area contributed by atoms with Gasteiger partial charge in [0.1, 0.15) is 12.1 Å². The van der Waals surface area contributed by atoms with E-state index >= 15 is 0 Å². The van der Waals surface area contributed by atoms with Gasteiger partial charge in [-0.15, -0.1) is 0 Å². The molecule has 2 amide bonds. The van der Waals surface area contributed by atoms with Crippen LogP contribution in [0.25, 0.3) is 11.1 Å². The minimum absolute atomic E-state index is 0.0949. The number of furan rings is 1. The van der Waals surface area contributed by atoms with Crippen LogP contribution in [0.4, 0.5) is 10.5 Å². The van der Waals surface area contributed by atoms with Crippen molar-refractivity contribution in [3.8, 4) is 11.1 Å². The molecule has 35 heavy (non-hydrogen) atoms. The summed E-state index contributed by atoms with van der Waals surface area (Å²) >= 11 is 0. The number of amides is 2. The molecule has 3 aromatic rings. The summed E-state index contributed by atoms with van der Waals surface area (Å²) in [4.78, 5) is 39.0. The third-order valence-electron chi connectivity index (χ3n) is 7.22. The summed E-state index contributed by atoms with van der Waals surface area (Å²) in [5.41, 5.74) is 3.31. The predicted octanol–water partition coefficient (Wildman–Crippen LogP) is 5.11. The molecule has 8 heteroatoms. The maximum Gasteiger partial charge on any atom is 0.411 e. The lowest BCUT2D eigenvalue weighted by molar-refractivity contribution is -0.148. The second kappa shape index (κ2) is 8.94. The van der Waals surface area contributed by atoms with Crippen molar-refractivity contribution < 1.29 is 28.6 Å². The van der Waals surface area contributed by atoms with Crippen LogP contribution in [0.15, 0.2) is 65.3 Å². The summed E-state index contributed by atoms with van der Waals surface area (Å²) in [6, 6.07) is 17.5. The number of carbonyl (C=O) groups is 3. The normalized spacial score (nSPS) is 15.8. The van der Waals surface area contributed by atoms with Crippen molar-refractivity contribution in [2.45, 2.75) is 37.1 Å². The number of anilines is 1. The van der Waals surface area contributed by atoms with E-state index in [1.165, 1.54) is 24.3 Å². The highest BCUT2D eigenvalue weighted by Crippen LogP contribution is 2.44. The summed E-state index contributed by atoms with van der Waals surface area (Å²) in [6.07, 6.45) is 2.77. The monoisotopic (exact) mass is 474 g/mol. The number of hydrogen-bond acceptors (Lipinski definition) is 5. The molecule has 2 N–H and O–H groups in total. The van der Waals surface area contributed by atoms with Crippen LogP contribution in [0, 0.1) is 0 Å². The molecule has 5 rings (SSSR count). The van der Waals surface area contributed by atoms with Gasteiger partial charge < -0.3 is 19.2 Å². The molecule has 0 saturated heterocycles. The zero-order chi connectivity index (χ0) is 24.6. The number of likely N-dealkylation sites (N-methyl/N-ethyl adjacent to an activating group) is 1. The molecule has 180 valence electrons. The molecular weight excluding hydrogens is 448 g/mol. The summed E-state index contributed by atoms with van der Waals surface area (Å²) in [5, 5.41) is 12.4. The molecule has 0 unspecified atom stereocenters. The van der Waals surface area contributed by atoms with Gasteiger partial charge in [-0.2, -0.15) is 0 Å². The lowest BCUT2D eigenvalue weighted by Crippen LogP contribution is -2.53. The van der Waals surface area contributed by atoms with Gasteiger partial charge in [0.15, 0.2) is 0 Å². The number of ether oxygens (including phenoxy) is 1. The predicted molar refractivity (Wildman–Crippen MR) is 128 cm³/mol. The van der Waals surface area contributed by atoms with Crippen molar-refractivity contribution in [2.75, 3.05) is 19.0 Å². The Morgan fingerprint density at radius 1 is 1.03 bits per heavy atom. The van der Waals surface area contributed by atoms with Crippen molar-refractivity contribution in [3.63, 3.8) is 0 Å². The number of hydrogen-bond donors (Lipinski definition) is 2. The zero-order valence-electron chi connectivity index (χ0n) is 19.3. The van der Waals surface area contributed by atoms with Crippen LogP contribution in [-0.4, -0.2) is 47.2 Å². The lowest BCUT2D eigenvalue weighted by atomic mass is 9.95. The average Bonchev–Trinajstić information content (AvgIpc) is 3.60. The van der Waals surface area contributed by atoms with Crippen LogP contribution in [0.2, 0.25) is 0 Å².